The molecular formula is C44H28O. The lowest BCUT2D eigenvalue weighted by Crippen LogP contribution is -1.91. The Kier molecular flexibility index (Phi) is 4.15. The van der Waals surface area contributed by atoms with Gasteiger partial charge in [0.1, 0.15) is 11.2 Å². The van der Waals surface area contributed by atoms with E-state index in [1.165, 1.54) is 0 Å². The van der Waals surface area contributed by atoms with Crippen molar-refractivity contribution in [2.45, 2.75) is 0 Å². The summed E-state index contributed by atoms with van der Waals surface area (Å²) >= 11 is 0. The molecule has 1 aromatic heterocycles. The monoisotopic (exact) mass is 581 g/mol. The predicted octanol–water partition coefficient (Wildman–Crippen LogP) is 12.6. The van der Waals surface area contributed by atoms with Crippen molar-refractivity contribution in [3.63, 3.8) is 0 Å². The topological polar surface area (TPSA) is 13.1 Å². The van der Waals surface area contributed by atoms with E-state index >= 15 is 0 Å². The summed E-state index contributed by atoms with van der Waals surface area (Å²) in [4.78, 5) is 0. The maximum absolute atomic E-state index is 9.46. The van der Waals surface area contributed by atoms with Crippen LogP contribution in [-0.4, -0.2) is 0 Å². The number of furan rings is 1. The van der Waals surface area contributed by atoms with Crippen molar-refractivity contribution in [1.29, 1.82) is 0 Å². The van der Waals surface area contributed by atoms with Crippen LogP contribution >= 0.6 is 0 Å². The molecular weight excluding hydrogens is 544 g/mol. The van der Waals surface area contributed by atoms with Gasteiger partial charge in [0.05, 0.1) is 12.3 Å². The first-order chi connectivity index (χ1) is 26.1. The third-order valence-electron chi connectivity index (χ3n) is 8.43. The van der Waals surface area contributed by atoms with Gasteiger partial charge in [-0.25, -0.2) is 0 Å². The normalized spacial score (nSPS) is 14.4. The fraction of sp³-hybridized carbons (Fsp3) is 0. The molecule has 45 heavy (non-hydrogen) atoms. The number of benzene rings is 8. The third kappa shape index (κ3) is 4.17. The molecule has 1 heterocycles. The molecule has 210 valence electrons. The molecule has 9 rings (SSSR count). The zero-order valence-electron chi connectivity index (χ0n) is 32.9. The molecule has 0 spiro atoms. The van der Waals surface area contributed by atoms with Gasteiger partial charge in [-0.15, -0.1) is 0 Å². The van der Waals surface area contributed by atoms with E-state index in [1.54, 1.807) is 12.1 Å². The maximum Gasteiger partial charge on any atom is 0.143 e. The zero-order chi connectivity index (χ0) is 37.6. The maximum atomic E-state index is 9.46. The summed E-state index contributed by atoms with van der Waals surface area (Å²) in [7, 11) is 0. The van der Waals surface area contributed by atoms with Gasteiger partial charge in [0, 0.05) is 16.3 Å². The van der Waals surface area contributed by atoms with E-state index < -0.39 is 18.1 Å². The number of para-hydroxylation sites is 1. The van der Waals surface area contributed by atoms with Crippen LogP contribution in [0.4, 0.5) is 0 Å². The lowest BCUT2D eigenvalue weighted by Gasteiger charge is -2.18. The Morgan fingerprint density at radius 1 is 0.400 bits per heavy atom. The van der Waals surface area contributed by atoms with Gasteiger partial charge in [-0.3, -0.25) is 0 Å². The van der Waals surface area contributed by atoms with Gasteiger partial charge < -0.3 is 4.42 Å². The molecule has 9 aromatic rings. The second-order valence-corrected chi connectivity index (χ2v) is 11.0. The first-order valence-electron chi connectivity index (χ1n) is 19.2. The minimum Gasteiger partial charge on any atom is -0.455 e. The Labute approximate surface area is 274 Å². The molecule has 0 saturated heterocycles. The summed E-state index contributed by atoms with van der Waals surface area (Å²) in [6, 6.07) is 33.7. The number of fused-ring (bicyclic) bond motifs is 5. The highest BCUT2D eigenvalue weighted by Crippen LogP contribution is 2.45. The molecule has 0 saturated carbocycles. The molecule has 0 unspecified atom stereocenters. The Hall–Kier alpha value is -5.92. The quantitative estimate of drug-likeness (QED) is 0.188. The highest BCUT2D eigenvalue weighted by atomic mass is 16.3. The van der Waals surface area contributed by atoms with Gasteiger partial charge in [0.2, 0.25) is 0 Å². The lowest BCUT2D eigenvalue weighted by molar-refractivity contribution is 0.670. The van der Waals surface area contributed by atoms with Crippen molar-refractivity contribution in [3.05, 3.63) is 170 Å². The summed E-state index contributed by atoms with van der Waals surface area (Å²) in [5.41, 5.74) is 5.09. The van der Waals surface area contributed by atoms with E-state index in [0.717, 1.165) is 43.4 Å². The van der Waals surface area contributed by atoms with Crippen molar-refractivity contribution in [2.75, 3.05) is 0 Å². The van der Waals surface area contributed by atoms with Crippen LogP contribution in [0.1, 0.15) is 12.3 Å². The van der Waals surface area contributed by atoms with E-state index in [9.17, 15) is 1.37 Å². The van der Waals surface area contributed by atoms with E-state index in [4.69, 9.17) is 15.4 Å². The molecule has 0 atom stereocenters. The Balaban J connectivity index is 1.32. The molecule has 0 aliphatic rings. The fourth-order valence-corrected chi connectivity index (χ4v) is 6.46. The van der Waals surface area contributed by atoms with Gasteiger partial charge in [-0.05, 0) is 78.7 Å². The largest absolute Gasteiger partial charge is 0.455 e. The first-order valence-corrected chi connectivity index (χ1v) is 14.7. The molecule has 8 aromatic carbocycles. The smallest absolute Gasteiger partial charge is 0.143 e. The Morgan fingerprint density at radius 3 is 1.71 bits per heavy atom. The molecule has 0 radical (unpaired) electrons. The SMILES string of the molecule is [2H]c1c([2H])c([2H])c(-c2cccc3c2oc2cc(-c4c5ccccc5c(-c5c([2H])c([2H])c([2H])c(-c6ccccc6)c5[2H])c5ccccc45)ccc23)c([2H])c1[2H]. The summed E-state index contributed by atoms with van der Waals surface area (Å²) in [6.45, 7) is 0. The van der Waals surface area contributed by atoms with Crippen LogP contribution in [0.15, 0.2) is 174 Å². The average Bonchev–Trinajstić information content (AvgIpc) is 3.57. The predicted molar refractivity (Wildman–Crippen MR) is 190 cm³/mol. The standard InChI is InChI=1S/C44H28O/c1-3-13-29(14-4-1)31-17-11-18-32(27-31)42-36-19-7-9-21-38(36)43(39-22-10-8-20-37(39)42)33-25-26-35-40-24-12-23-34(30-15-5-2-6-16-30)44(40)45-41(35)28-33/h1-28H/i2D,5D,6D,11D,15D,16D,17D,18D,27D. The molecule has 0 aliphatic carbocycles. The summed E-state index contributed by atoms with van der Waals surface area (Å²) in [5, 5.41) is 4.86. The van der Waals surface area contributed by atoms with E-state index in [1.807, 2.05) is 103 Å². The van der Waals surface area contributed by atoms with Crippen LogP contribution in [0.5, 0.6) is 0 Å². The molecule has 0 fully saturated rings. The average molecular weight is 582 g/mol. The zero-order valence-corrected chi connectivity index (χ0v) is 23.9. The van der Waals surface area contributed by atoms with E-state index in [-0.39, 0.29) is 41.8 Å². The number of hydrogen-bond donors (Lipinski definition) is 0. The number of rotatable bonds is 4. The van der Waals surface area contributed by atoms with Crippen LogP contribution in [0.2, 0.25) is 0 Å². The highest BCUT2D eigenvalue weighted by molar-refractivity contribution is 6.22. The van der Waals surface area contributed by atoms with Crippen molar-refractivity contribution in [3.8, 4) is 44.5 Å². The van der Waals surface area contributed by atoms with Crippen molar-refractivity contribution in [1.82, 2.24) is 0 Å². The first kappa shape index (κ1) is 18.0. The van der Waals surface area contributed by atoms with Gasteiger partial charge in [-0.1, -0.05) is 151 Å². The minimum atomic E-state index is -0.455. The van der Waals surface area contributed by atoms with Crippen molar-refractivity contribution in [2.24, 2.45) is 0 Å². The fourth-order valence-electron chi connectivity index (χ4n) is 6.46. The van der Waals surface area contributed by atoms with Crippen LogP contribution < -0.4 is 0 Å². The second kappa shape index (κ2) is 10.4. The Morgan fingerprint density at radius 2 is 1.00 bits per heavy atom. The molecule has 0 N–H and O–H groups in total. The van der Waals surface area contributed by atoms with Gasteiger partial charge >= 0.3 is 0 Å². The van der Waals surface area contributed by atoms with E-state index in [2.05, 4.69) is 0 Å². The van der Waals surface area contributed by atoms with Crippen LogP contribution in [0.3, 0.4) is 0 Å². The molecule has 0 amide bonds. The summed E-state index contributed by atoms with van der Waals surface area (Å²) in [5.74, 6) is 0. The third-order valence-corrected chi connectivity index (χ3v) is 8.43. The van der Waals surface area contributed by atoms with Crippen LogP contribution in [0.25, 0.3) is 88.0 Å². The lowest BCUT2D eigenvalue weighted by atomic mass is 9.85. The Bertz CT molecular complexity index is 2960. The molecule has 1 heteroatoms. The molecule has 0 bridgehead atoms. The summed E-state index contributed by atoms with van der Waals surface area (Å²) in [6.07, 6.45) is 0. The molecule has 1 nitrogen and oxygen atoms in total. The van der Waals surface area contributed by atoms with E-state index in [0.29, 0.717) is 39.0 Å². The highest BCUT2D eigenvalue weighted by Gasteiger charge is 2.19. The van der Waals surface area contributed by atoms with Crippen LogP contribution in [0, 0.1) is 0 Å². The second-order valence-electron chi connectivity index (χ2n) is 11.0. The van der Waals surface area contributed by atoms with Crippen molar-refractivity contribution < 1.29 is 16.8 Å². The van der Waals surface area contributed by atoms with Gasteiger partial charge in [-0.2, -0.15) is 0 Å². The molecule has 0 aliphatic heterocycles. The van der Waals surface area contributed by atoms with Crippen molar-refractivity contribution >= 4 is 43.5 Å². The van der Waals surface area contributed by atoms with Gasteiger partial charge in [0.15, 0.2) is 0 Å². The summed E-state index contributed by atoms with van der Waals surface area (Å²) < 4.78 is 84.5. The van der Waals surface area contributed by atoms with Gasteiger partial charge in [0.25, 0.3) is 0 Å². The number of hydrogen-bond acceptors (Lipinski definition) is 1. The van der Waals surface area contributed by atoms with Crippen LogP contribution in [-0.2, 0) is 0 Å². The minimum absolute atomic E-state index is 0.0221.